The molecule has 0 aliphatic heterocycles. The zero-order valence-electron chi connectivity index (χ0n) is 11.8. The van der Waals surface area contributed by atoms with E-state index in [-0.39, 0.29) is 0 Å². The van der Waals surface area contributed by atoms with Gasteiger partial charge in [0.05, 0.1) is 6.61 Å². The maximum atomic E-state index is 5.17. The van der Waals surface area contributed by atoms with Gasteiger partial charge in [-0.05, 0) is 20.3 Å². The van der Waals surface area contributed by atoms with Crippen molar-refractivity contribution in [3.8, 4) is 0 Å². The number of nitrogens with one attached hydrogen (secondary N) is 1. The molecule has 1 heterocycles. The summed E-state index contributed by atoms with van der Waals surface area (Å²) in [5.74, 6) is 0. The first-order valence-electron chi connectivity index (χ1n) is 6.50. The van der Waals surface area contributed by atoms with E-state index in [1.807, 2.05) is 0 Å². The molecule has 1 atom stereocenters. The second kappa shape index (κ2) is 8.39. The lowest BCUT2D eigenvalue weighted by Gasteiger charge is -2.27. The molecule has 0 aromatic carbocycles. The van der Waals surface area contributed by atoms with Gasteiger partial charge < -0.3 is 10.1 Å². The van der Waals surface area contributed by atoms with Gasteiger partial charge in [0, 0.05) is 44.3 Å². The summed E-state index contributed by atoms with van der Waals surface area (Å²) in [6, 6.07) is 0.524. The van der Waals surface area contributed by atoms with Crippen LogP contribution in [0, 0.1) is 0 Å². The van der Waals surface area contributed by atoms with Crippen molar-refractivity contribution in [2.45, 2.75) is 39.8 Å². The topological polar surface area (TPSA) is 50.3 Å². The molecule has 0 bridgehead atoms. The van der Waals surface area contributed by atoms with Crippen molar-refractivity contribution in [1.82, 2.24) is 14.5 Å². The third-order valence-corrected chi connectivity index (χ3v) is 3.77. The number of methoxy groups -OCH3 is 1. The SMILES string of the molecule is CCNc1snnc1CN(CCOC)C(C)CC. The Morgan fingerprint density at radius 1 is 1.44 bits per heavy atom. The molecule has 18 heavy (non-hydrogen) atoms. The summed E-state index contributed by atoms with van der Waals surface area (Å²) < 4.78 is 9.20. The molecule has 1 rings (SSSR count). The molecule has 1 N–H and O–H groups in total. The van der Waals surface area contributed by atoms with Crippen LogP contribution >= 0.6 is 11.5 Å². The van der Waals surface area contributed by atoms with E-state index in [0.717, 1.165) is 43.4 Å². The maximum absolute atomic E-state index is 5.17. The number of hydrogen-bond acceptors (Lipinski definition) is 6. The van der Waals surface area contributed by atoms with Crippen molar-refractivity contribution >= 4 is 16.5 Å². The van der Waals surface area contributed by atoms with Gasteiger partial charge in [-0.25, -0.2) is 0 Å². The van der Waals surface area contributed by atoms with Crippen LogP contribution in [0.5, 0.6) is 0 Å². The standard InChI is InChI=1S/C12H24N4OS/c1-5-10(3)16(7-8-17-4)9-11-12(13-6-2)18-15-14-11/h10,13H,5-9H2,1-4H3. The Hall–Kier alpha value is -0.720. The molecule has 1 aromatic rings. The Morgan fingerprint density at radius 2 is 2.22 bits per heavy atom. The highest BCUT2D eigenvalue weighted by atomic mass is 32.1. The van der Waals surface area contributed by atoms with Crippen molar-refractivity contribution in [3.63, 3.8) is 0 Å². The van der Waals surface area contributed by atoms with Gasteiger partial charge in [-0.3, -0.25) is 4.90 Å². The predicted molar refractivity (Wildman–Crippen MR) is 76.1 cm³/mol. The van der Waals surface area contributed by atoms with Crippen molar-refractivity contribution in [2.24, 2.45) is 0 Å². The van der Waals surface area contributed by atoms with Gasteiger partial charge in [-0.15, -0.1) is 5.10 Å². The molecule has 0 aliphatic rings. The molecule has 1 unspecified atom stereocenters. The van der Waals surface area contributed by atoms with Crippen LogP contribution in [0.15, 0.2) is 0 Å². The van der Waals surface area contributed by atoms with Crippen LogP contribution in [0.3, 0.4) is 0 Å². The van der Waals surface area contributed by atoms with Crippen LogP contribution in [0.4, 0.5) is 5.00 Å². The molecule has 0 aliphatic carbocycles. The summed E-state index contributed by atoms with van der Waals surface area (Å²) in [5.41, 5.74) is 1.04. The van der Waals surface area contributed by atoms with Crippen LogP contribution in [-0.4, -0.2) is 47.3 Å². The minimum atomic E-state index is 0.524. The second-order valence-corrected chi connectivity index (χ2v) is 5.05. The summed E-state index contributed by atoms with van der Waals surface area (Å²) in [6.07, 6.45) is 1.12. The van der Waals surface area contributed by atoms with Gasteiger partial charge in [0.2, 0.25) is 0 Å². The fraction of sp³-hybridized carbons (Fsp3) is 0.833. The zero-order chi connectivity index (χ0) is 13.4. The summed E-state index contributed by atoms with van der Waals surface area (Å²) in [5, 5.41) is 8.62. The number of nitrogens with zero attached hydrogens (tertiary/aromatic N) is 3. The Bertz CT molecular complexity index is 332. The molecule has 0 saturated heterocycles. The minimum absolute atomic E-state index is 0.524. The fourth-order valence-electron chi connectivity index (χ4n) is 1.72. The van der Waals surface area contributed by atoms with Crippen molar-refractivity contribution in [1.29, 1.82) is 0 Å². The van der Waals surface area contributed by atoms with Crippen molar-refractivity contribution in [2.75, 3.05) is 32.1 Å². The minimum Gasteiger partial charge on any atom is -0.383 e. The van der Waals surface area contributed by atoms with Gasteiger partial charge >= 0.3 is 0 Å². The lowest BCUT2D eigenvalue weighted by molar-refractivity contribution is 0.117. The van der Waals surface area contributed by atoms with E-state index in [1.165, 1.54) is 11.5 Å². The molecule has 0 spiro atoms. The molecular formula is C12H24N4OS. The Morgan fingerprint density at radius 3 is 2.83 bits per heavy atom. The number of hydrogen-bond donors (Lipinski definition) is 1. The summed E-state index contributed by atoms with van der Waals surface area (Å²) in [7, 11) is 1.74. The average molecular weight is 272 g/mol. The quantitative estimate of drug-likeness (QED) is 0.747. The normalized spacial score (nSPS) is 12.9. The smallest absolute Gasteiger partial charge is 0.134 e. The van der Waals surface area contributed by atoms with Crippen molar-refractivity contribution in [3.05, 3.63) is 5.69 Å². The molecule has 0 amide bonds. The summed E-state index contributed by atoms with van der Waals surface area (Å²) in [6.45, 7) is 9.93. The Kier molecular flexibility index (Phi) is 7.15. The molecule has 6 heteroatoms. The highest BCUT2D eigenvalue weighted by Gasteiger charge is 2.16. The van der Waals surface area contributed by atoms with E-state index >= 15 is 0 Å². The zero-order valence-corrected chi connectivity index (χ0v) is 12.6. The highest BCUT2D eigenvalue weighted by Crippen LogP contribution is 2.20. The third kappa shape index (κ3) is 4.51. The van der Waals surface area contributed by atoms with Gasteiger partial charge in [0.15, 0.2) is 0 Å². The highest BCUT2D eigenvalue weighted by molar-refractivity contribution is 7.10. The van der Waals surface area contributed by atoms with E-state index < -0.39 is 0 Å². The lowest BCUT2D eigenvalue weighted by atomic mass is 10.2. The van der Waals surface area contributed by atoms with Gasteiger partial charge in [-0.2, -0.15) is 0 Å². The first-order chi connectivity index (χ1) is 8.72. The van der Waals surface area contributed by atoms with E-state index in [4.69, 9.17) is 4.74 Å². The lowest BCUT2D eigenvalue weighted by Crippen LogP contribution is -2.35. The van der Waals surface area contributed by atoms with E-state index in [0.29, 0.717) is 6.04 Å². The third-order valence-electron chi connectivity index (χ3n) is 3.04. The summed E-state index contributed by atoms with van der Waals surface area (Å²) >= 11 is 1.43. The Balaban J connectivity index is 2.65. The monoisotopic (exact) mass is 272 g/mol. The molecule has 1 aromatic heterocycles. The average Bonchev–Trinajstić information content (AvgIpc) is 2.81. The molecular weight excluding hydrogens is 248 g/mol. The van der Waals surface area contributed by atoms with Crippen LogP contribution in [0.25, 0.3) is 0 Å². The number of ether oxygens (including phenoxy) is 1. The van der Waals surface area contributed by atoms with E-state index in [9.17, 15) is 0 Å². The van der Waals surface area contributed by atoms with Crippen molar-refractivity contribution < 1.29 is 4.74 Å². The molecule has 0 saturated carbocycles. The van der Waals surface area contributed by atoms with Crippen LogP contribution < -0.4 is 5.32 Å². The first kappa shape index (κ1) is 15.3. The Labute approximate surface area is 114 Å². The fourth-order valence-corrected chi connectivity index (χ4v) is 2.36. The van der Waals surface area contributed by atoms with E-state index in [1.54, 1.807) is 7.11 Å². The largest absolute Gasteiger partial charge is 0.383 e. The van der Waals surface area contributed by atoms with Crippen LogP contribution in [0.1, 0.15) is 32.9 Å². The van der Waals surface area contributed by atoms with E-state index in [2.05, 4.69) is 40.6 Å². The molecule has 0 radical (unpaired) electrons. The van der Waals surface area contributed by atoms with Crippen LogP contribution in [-0.2, 0) is 11.3 Å². The molecule has 5 nitrogen and oxygen atoms in total. The molecule has 104 valence electrons. The second-order valence-electron chi connectivity index (χ2n) is 4.30. The summed E-state index contributed by atoms with van der Waals surface area (Å²) in [4.78, 5) is 2.39. The van der Waals surface area contributed by atoms with Gasteiger partial charge in [-0.1, -0.05) is 11.4 Å². The molecule has 0 fully saturated rings. The van der Waals surface area contributed by atoms with Gasteiger partial charge in [0.1, 0.15) is 10.7 Å². The first-order valence-corrected chi connectivity index (χ1v) is 7.28. The number of anilines is 1. The van der Waals surface area contributed by atoms with Crippen LogP contribution in [0.2, 0.25) is 0 Å². The number of aromatic nitrogens is 2. The predicted octanol–water partition coefficient (Wildman–Crippen LogP) is 2.22. The number of rotatable bonds is 9. The van der Waals surface area contributed by atoms with Gasteiger partial charge in [0.25, 0.3) is 0 Å². The maximum Gasteiger partial charge on any atom is 0.134 e.